The summed E-state index contributed by atoms with van der Waals surface area (Å²) in [5.74, 6) is 0.961. The van der Waals surface area contributed by atoms with Gasteiger partial charge in [0.2, 0.25) is 5.91 Å². The number of benzene rings is 1. The molecule has 1 aromatic heterocycles. The van der Waals surface area contributed by atoms with Gasteiger partial charge in [0, 0.05) is 50.4 Å². The van der Waals surface area contributed by atoms with E-state index in [0.29, 0.717) is 28.8 Å². The zero-order chi connectivity index (χ0) is 19.4. The Morgan fingerprint density at radius 2 is 2.00 bits per heavy atom. The van der Waals surface area contributed by atoms with Crippen molar-refractivity contribution in [3.8, 4) is 11.4 Å². The largest absolute Gasteiger partial charge is 0.339 e. The van der Waals surface area contributed by atoms with Gasteiger partial charge in [0.05, 0.1) is 10.7 Å². The Hall–Kier alpha value is -2.46. The Labute approximate surface area is 161 Å². The quantitative estimate of drug-likeness (QED) is 0.421. The van der Waals surface area contributed by atoms with Crippen LogP contribution in [0.3, 0.4) is 0 Å². The van der Waals surface area contributed by atoms with E-state index in [1.807, 2.05) is 16.4 Å². The van der Waals surface area contributed by atoms with Crippen molar-refractivity contribution in [1.82, 2.24) is 24.6 Å². The number of carbonyl (C=O) groups excluding carboxylic acids is 1. The van der Waals surface area contributed by atoms with Crippen LogP contribution >= 0.6 is 11.8 Å². The lowest BCUT2D eigenvalue weighted by Crippen LogP contribution is -2.47. The van der Waals surface area contributed by atoms with E-state index in [0.717, 1.165) is 26.2 Å². The molecule has 144 valence electrons. The average molecular weight is 390 g/mol. The fraction of sp³-hybridized carbons (Fsp3) is 0.471. The molecule has 0 saturated carbocycles. The molecule has 2 heterocycles. The molecule has 0 atom stereocenters. The minimum absolute atomic E-state index is 0.0117. The maximum absolute atomic E-state index is 12.4. The lowest BCUT2D eigenvalue weighted by atomic mass is 10.2. The molecular weight excluding hydrogens is 368 g/mol. The fourth-order valence-corrected chi connectivity index (χ4v) is 3.83. The lowest BCUT2D eigenvalue weighted by molar-refractivity contribution is -0.384. The molecule has 1 amide bonds. The highest BCUT2D eigenvalue weighted by molar-refractivity contribution is 7.99. The van der Waals surface area contributed by atoms with Crippen molar-refractivity contribution >= 4 is 23.4 Å². The van der Waals surface area contributed by atoms with Crippen molar-refractivity contribution in [3.63, 3.8) is 0 Å². The van der Waals surface area contributed by atoms with Gasteiger partial charge >= 0.3 is 0 Å². The third-order valence-corrected chi connectivity index (χ3v) is 5.48. The van der Waals surface area contributed by atoms with Crippen LogP contribution in [0.2, 0.25) is 0 Å². The first-order valence-corrected chi connectivity index (χ1v) is 9.75. The Kier molecular flexibility index (Phi) is 6.07. The summed E-state index contributed by atoms with van der Waals surface area (Å²) in [4.78, 5) is 27.1. The van der Waals surface area contributed by atoms with Gasteiger partial charge < -0.3 is 14.4 Å². The van der Waals surface area contributed by atoms with Crippen LogP contribution in [0.15, 0.2) is 29.4 Å². The molecular formula is C17H22N6O3S. The zero-order valence-electron chi connectivity index (χ0n) is 15.4. The predicted molar refractivity (Wildman–Crippen MR) is 103 cm³/mol. The summed E-state index contributed by atoms with van der Waals surface area (Å²) in [5.41, 5.74) is 0.647. The third-order valence-electron chi connectivity index (χ3n) is 4.53. The number of piperazine rings is 1. The maximum atomic E-state index is 12.4. The summed E-state index contributed by atoms with van der Waals surface area (Å²) < 4.78 is 1.88. The molecule has 0 aliphatic carbocycles. The Bertz CT molecular complexity index is 832. The van der Waals surface area contributed by atoms with E-state index in [2.05, 4.69) is 22.1 Å². The van der Waals surface area contributed by atoms with Crippen molar-refractivity contribution in [3.05, 3.63) is 34.4 Å². The topological polar surface area (TPSA) is 97.4 Å². The second kappa shape index (κ2) is 8.49. The van der Waals surface area contributed by atoms with Crippen LogP contribution in [0, 0.1) is 10.1 Å². The number of hydrogen-bond acceptors (Lipinski definition) is 7. The number of hydrogen-bond donors (Lipinski definition) is 0. The maximum Gasteiger partial charge on any atom is 0.270 e. The number of rotatable bonds is 6. The molecule has 10 heteroatoms. The highest BCUT2D eigenvalue weighted by Crippen LogP contribution is 2.26. The number of carbonyl (C=O) groups is 1. The van der Waals surface area contributed by atoms with Crippen LogP contribution in [0.5, 0.6) is 0 Å². The van der Waals surface area contributed by atoms with Gasteiger partial charge in [-0.1, -0.05) is 23.9 Å². The van der Waals surface area contributed by atoms with E-state index >= 15 is 0 Å². The number of nitro benzene ring substituents is 1. The molecule has 1 fully saturated rings. The molecule has 2 aromatic rings. The molecule has 1 saturated heterocycles. The van der Waals surface area contributed by atoms with E-state index in [1.54, 1.807) is 12.1 Å². The van der Waals surface area contributed by atoms with Crippen molar-refractivity contribution in [1.29, 1.82) is 0 Å². The Morgan fingerprint density at radius 3 is 2.67 bits per heavy atom. The first-order valence-electron chi connectivity index (χ1n) is 8.76. The van der Waals surface area contributed by atoms with Crippen LogP contribution in [0.4, 0.5) is 5.69 Å². The number of nitrogens with zero attached hydrogens (tertiary/aromatic N) is 6. The smallest absolute Gasteiger partial charge is 0.270 e. The minimum atomic E-state index is -0.430. The first-order chi connectivity index (χ1) is 13.0. The standard InChI is InChI=1S/C17H22N6O3S/c1-3-22-16(13-5-4-6-14(11-13)23(25)26)18-19-17(22)27-12-15(24)21-9-7-20(2)8-10-21/h4-6,11H,3,7-10,12H2,1-2H3. The summed E-state index contributed by atoms with van der Waals surface area (Å²) in [6, 6.07) is 6.33. The molecule has 1 aliphatic rings. The summed E-state index contributed by atoms with van der Waals surface area (Å²) in [5, 5.41) is 20.0. The number of aromatic nitrogens is 3. The van der Waals surface area contributed by atoms with Crippen LogP contribution < -0.4 is 0 Å². The minimum Gasteiger partial charge on any atom is -0.339 e. The monoisotopic (exact) mass is 390 g/mol. The third kappa shape index (κ3) is 4.45. The van der Waals surface area contributed by atoms with Gasteiger partial charge in [0.25, 0.3) is 5.69 Å². The van der Waals surface area contributed by atoms with Gasteiger partial charge in [-0.15, -0.1) is 10.2 Å². The van der Waals surface area contributed by atoms with Gasteiger partial charge in [-0.2, -0.15) is 0 Å². The van der Waals surface area contributed by atoms with Crippen LogP contribution in [-0.2, 0) is 11.3 Å². The normalized spacial score (nSPS) is 15.1. The molecule has 0 radical (unpaired) electrons. The highest BCUT2D eigenvalue weighted by Gasteiger charge is 2.21. The Balaban J connectivity index is 1.71. The van der Waals surface area contributed by atoms with Crippen molar-refractivity contribution in [2.75, 3.05) is 39.0 Å². The van der Waals surface area contributed by atoms with E-state index < -0.39 is 4.92 Å². The van der Waals surface area contributed by atoms with Crippen molar-refractivity contribution in [2.45, 2.75) is 18.6 Å². The summed E-state index contributed by atoms with van der Waals surface area (Å²) in [6.45, 7) is 5.83. The SMILES string of the molecule is CCn1c(SCC(=O)N2CCN(C)CC2)nnc1-c1cccc([N+](=O)[O-])c1. The van der Waals surface area contributed by atoms with E-state index in [4.69, 9.17) is 0 Å². The number of amides is 1. The van der Waals surface area contributed by atoms with Gasteiger partial charge in [-0.3, -0.25) is 14.9 Å². The van der Waals surface area contributed by atoms with Crippen LogP contribution in [0.25, 0.3) is 11.4 Å². The van der Waals surface area contributed by atoms with Crippen LogP contribution in [-0.4, -0.2) is 74.4 Å². The number of likely N-dealkylation sites (N-methyl/N-ethyl adjacent to an activating group) is 1. The zero-order valence-corrected chi connectivity index (χ0v) is 16.2. The summed E-state index contributed by atoms with van der Waals surface area (Å²) in [6.07, 6.45) is 0. The van der Waals surface area contributed by atoms with Gasteiger partial charge in [-0.25, -0.2) is 0 Å². The molecule has 27 heavy (non-hydrogen) atoms. The molecule has 3 rings (SSSR count). The summed E-state index contributed by atoms with van der Waals surface area (Å²) >= 11 is 1.35. The Morgan fingerprint density at radius 1 is 1.26 bits per heavy atom. The summed E-state index contributed by atoms with van der Waals surface area (Å²) in [7, 11) is 2.05. The van der Waals surface area contributed by atoms with Gasteiger partial charge in [0.15, 0.2) is 11.0 Å². The molecule has 0 N–H and O–H groups in total. The average Bonchev–Trinajstić information content (AvgIpc) is 3.09. The first kappa shape index (κ1) is 19.3. The van der Waals surface area contributed by atoms with E-state index in [9.17, 15) is 14.9 Å². The van der Waals surface area contributed by atoms with Crippen molar-refractivity contribution < 1.29 is 9.72 Å². The molecule has 9 nitrogen and oxygen atoms in total. The number of non-ortho nitro benzene ring substituents is 1. The highest BCUT2D eigenvalue weighted by atomic mass is 32.2. The molecule has 0 bridgehead atoms. The van der Waals surface area contributed by atoms with E-state index in [-0.39, 0.29) is 11.6 Å². The predicted octanol–water partition coefficient (Wildman–Crippen LogP) is 1.74. The molecule has 1 aromatic carbocycles. The second-order valence-corrected chi connectivity index (χ2v) is 7.27. The van der Waals surface area contributed by atoms with E-state index in [1.165, 1.54) is 23.9 Å². The van der Waals surface area contributed by atoms with Crippen LogP contribution in [0.1, 0.15) is 6.92 Å². The molecule has 0 unspecified atom stereocenters. The van der Waals surface area contributed by atoms with Gasteiger partial charge in [0.1, 0.15) is 0 Å². The fourth-order valence-electron chi connectivity index (χ4n) is 2.93. The number of thioether (sulfide) groups is 1. The van der Waals surface area contributed by atoms with Gasteiger partial charge in [-0.05, 0) is 14.0 Å². The molecule has 1 aliphatic heterocycles. The lowest BCUT2D eigenvalue weighted by Gasteiger charge is -2.32. The number of nitro groups is 1. The second-order valence-electron chi connectivity index (χ2n) is 6.33. The molecule has 0 spiro atoms. The van der Waals surface area contributed by atoms with Crippen molar-refractivity contribution in [2.24, 2.45) is 0 Å².